The molecule has 0 saturated heterocycles. The molecule has 0 aliphatic heterocycles. The highest BCUT2D eigenvalue weighted by molar-refractivity contribution is 6.30. The molecule has 0 saturated carbocycles. The van der Waals surface area contributed by atoms with E-state index in [1.807, 2.05) is 6.92 Å². The zero-order valence-corrected chi connectivity index (χ0v) is 14.9. The molecule has 0 fully saturated rings. The molecule has 2 atom stereocenters. The third kappa shape index (κ3) is 4.79. The van der Waals surface area contributed by atoms with E-state index in [1.54, 1.807) is 0 Å². The molecule has 2 unspecified atom stereocenters. The van der Waals surface area contributed by atoms with Crippen molar-refractivity contribution in [2.45, 2.75) is 46.1 Å². The summed E-state index contributed by atoms with van der Waals surface area (Å²) < 4.78 is 6.11. The second kappa shape index (κ2) is 8.46. The fourth-order valence-corrected chi connectivity index (χ4v) is 2.88. The zero-order valence-electron chi connectivity index (χ0n) is 14.2. The molecule has 2 rings (SSSR count). The van der Waals surface area contributed by atoms with Crippen LogP contribution in [0.1, 0.15) is 38.7 Å². The Bertz CT molecular complexity index is 573. The summed E-state index contributed by atoms with van der Waals surface area (Å²) in [5, 5.41) is 3.74. The van der Waals surface area contributed by atoms with Crippen LogP contribution in [0.5, 0.6) is 0 Å². The van der Waals surface area contributed by atoms with Gasteiger partial charge in [0.05, 0.1) is 12.7 Å². The van der Waals surface area contributed by atoms with E-state index in [2.05, 4.69) is 53.4 Å². The Balaban J connectivity index is 1.84. The first-order chi connectivity index (χ1) is 11.1. The number of nitrogens with zero attached hydrogens (tertiary/aromatic N) is 2. The number of anilines is 1. The lowest BCUT2D eigenvalue weighted by molar-refractivity contribution is 0.0197. The van der Waals surface area contributed by atoms with Gasteiger partial charge in [-0.15, -0.1) is 0 Å². The Hall–Kier alpha value is -1.39. The van der Waals surface area contributed by atoms with Crippen molar-refractivity contribution in [3.05, 3.63) is 41.3 Å². The molecule has 1 aromatic rings. The average molecular weight is 336 g/mol. The minimum atomic E-state index is 0.0822. The fraction of sp³-hybridized carbons (Fsp3) is 0.556. The minimum Gasteiger partial charge on any atom is -0.371 e. The van der Waals surface area contributed by atoms with E-state index in [1.165, 1.54) is 19.2 Å². The predicted octanol–water partition coefficient (Wildman–Crippen LogP) is 4.56. The van der Waals surface area contributed by atoms with Gasteiger partial charge in [0.2, 0.25) is 0 Å². The number of hydrogen-bond donors (Lipinski definition) is 1. The summed E-state index contributed by atoms with van der Waals surface area (Å²) in [6, 6.07) is 0. The molecule has 0 spiro atoms. The lowest BCUT2D eigenvalue weighted by Crippen LogP contribution is -2.34. The molecule has 0 bridgehead atoms. The fourth-order valence-electron chi connectivity index (χ4n) is 2.75. The number of hydrogen-bond acceptors (Lipinski definition) is 4. The molecular formula is C18H26ClN3O. The smallest absolute Gasteiger partial charge is 0.137 e. The van der Waals surface area contributed by atoms with Crippen molar-refractivity contribution in [3.8, 4) is 0 Å². The van der Waals surface area contributed by atoms with Crippen LogP contribution in [0.25, 0.3) is 0 Å². The molecule has 1 heterocycles. The number of rotatable bonds is 8. The number of aromatic nitrogens is 2. The lowest BCUT2D eigenvalue weighted by Gasteiger charge is -2.35. The summed E-state index contributed by atoms with van der Waals surface area (Å²) in [7, 11) is 0. The Morgan fingerprint density at radius 1 is 1.35 bits per heavy atom. The van der Waals surface area contributed by atoms with Gasteiger partial charge in [0.1, 0.15) is 17.3 Å². The molecule has 0 radical (unpaired) electrons. The van der Waals surface area contributed by atoms with Gasteiger partial charge < -0.3 is 10.1 Å². The molecule has 1 aliphatic rings. The maximum absolute atomic E-state index is 6.11. The zero-order chi connectivity index (χ0) is 16.7. The van der Waals surface area contributed by atoms with Crippen LogP contribution < -0.4 is 5.32 Å². The topological polar surface area (TPSA) is 47.0 Å². The van der Waals surface area contributed by atoms with E-state index in [9.17, 15) is 0 Å². The van der Waals surface area contributed by atoms with Crippen LogP contribution in [0.2, 0.25) is 5.15 Å². The molecule has 0 amide bonds. The maximum Gasteiger partial charge on any atom is 0.137 e. The maximum atomic E-state index is 6.11. The van der Waals surface area contributed by atoms with Crippen LogP contribution in [0, 0.1) is 12.3 Å². The average Bonchev–Trinajstić information content (AvgIpc) is 2.55. The summed E-state index contributed by atoms with van der Waals surface area (Å²) in [6.07, 6.45) is 13.8. The molecule has 0 aromatic carbocycles. The quantitative estimate of drug-likeness (QED) is 0.559. The Labute approximate surface area is 144 Å². The second-order valence-corrected chi connectivity index (χ2v) is 6.57. The molecule has 4 nitrogen and oxygen atoms in total. The summed E-state index contributed by atoms with van der Waals surface area (Å²) in [6.45, 7) is 7.70. The first-order valence-electron chi connectivity index (χ1n) is 8.25. The molecule has 1 N–H and O–H groups in total. The van der Waals surface area contributed by atoms with E-state index < -0.39 is 0 Å². The SMILES string of the molecule is CCCCC1(C)C=CC=CC1OCCNc1ncnc(Cl)c1C. The van der Waals surface area contributed by atoms with Gasteiger partial charge in [0.25, 0.3) is 0 Å². The van der Waals surface area contributed by atoms with E-state index in [-0.39, 0.29) is 11.5 Å². The predicted molar refractivity (Wildman–Crippen MR) is 95.9 cm³/mol. The van der Waals surface area contributed by atoms with E-state index in [0.717, 1.165) is 17.8 Å². The van der Waals surface area contributed by atoms with Crippen LogP contribution in [0.15, 0.2) is 30.6 Å². The third-order valence-electron chi connectivity index (χ3n) is 4.31. The normalized spacial score (nSPS) is 23.2. The van der Waals surface area contributed by atoms with Gasteiger partial charge in [-0.2, -0.15) is 0 Å². The summed E-state index contributed by atoms with van der Waals surface area (Å²) in [5.41, 5.74) is 0.946. The van der Waals surface area contributed by atoms with Crippen LogP contribution in [-0.4, -0.2) is 29.2 Å². The highest BCUT2D eigenvalue weighted by atomic mass is 35.5. The first kappa shape index (κ1) is 18.0. The number of ether oxygens (including phenoxy) is 1. The molecule has 126 valence electrons. The van der Waals surface area contributed by atoms with Crippen LogP contribution in [0.4, 0.5) is 5.82 Å². The standard InChI is InChI=1S/C18H26ClN3O/c1-4-5-9-18(3)10-7-6-8-15(18)23-12-11-20-17-14(2)16(19)21-13-22-17/h6-8,10,13,15H,4-5,9,11-12H2,1-3H3,(H,20,21,22). The minimum absolute atomic E-state index is 0.0822. The number of allylic oxidation sites excluding steroid dienone is 2. The Morgan fingerprint density at radius 3 is 2.96 bits per heavy atom. The van der Waals surface area contributed by atoms with Gasteiger partial charge >= 0.3 is 0 Å². The largest absolute Gasteiger partial charge is 0.371 e. The van der Waals surface area contributed by atoms with Crippen LogP contribution in [-0.2, 0) is 4.74 Å². The van der Waals surface area contributed by atoms with E-state index in [0.29, 0.717) is 18.3 Å². The van der Waals surface area contributed by atoms with E-state index in [4.69, 9.17) is 16.3 Å². The van der Waals surface area contributed by atoms with E-state index >= 15 is 0 Å². The van der Waals surface area contributed by atoms with Crippen molar-refractivity contribution in [1.29, 1.82) is 0 Å². The molecule has 23 heavy (non-hydrogen) atoms. The van der Waals surface area contributed by atoms with Gasteiger partial charge in [0.15, 0.2) is 0 Å². The molecule has 1 aromatic heterocycles. The van der Waals surface area contributed by atoms with Crippen LogP contribution in [0.3, 0.4) is 0 Å². The van der Waals surface area contributed by atoms with Crippen molar-refractivity contribution in [2.24, 2.45) is 5.41 Å². The molecular weight excluding hydrogens is 310 g/mol. The Morgan fingerprint density at radius 2 is 2.17 bits per heavy atom. The number of nitrogens with one attached hydrogen (secondary N) is 1. The first-order valence-corrected chi connectivity index (χ1v) is 8.63. The number of halogens is 1. The van der Waals surface area contributed by atoms with Crippen molar-refractivity contribution >= 4 is 17.4 Å². The van der Waals surface area contributed by atoms with Gasteiger partial charge in [0, 0.05) is 17.5 Å². The molecule has 1 aliphatic carbocycles. The molecule has 5 heteroatoms. The highest BCUT2D eigenvalue weighted by Crippen LogP contribution is 2.35. The Kier molecular flexibility index (Phi) is 6.60. The van der Waals surface area contributed by atoms with Crippen molar-refractivity contribution in [3.63, 3.8) is 0 Å². The van der Waals surface area contributed by atoms with Crippen molar-refractivity contribution in [1.82, 2.24) is 9.97 Å². The van der Waals surface area contributed by atoms with Crippen LogP contribution >= 0.6 is 11.6 Å². The van der Waals surface area contributed by atoms with Crippen molar-refractivity contribution in [2.75, 3.05) is 18.5 Å². The van der Waals surface area contributed by atoms with Gasteiger partial charge in [-0.3, -0.25) is 0 Å². The second-order valence-electron chi connectivity index (χ2n) is 6.21. The van der Waals surface area contributed by atoms with Gasteiger partial charge in [-0.25, -0.2) is 9.97 Å². The summed E-state index contributed by atoms with van der Waals surface area (Å²) in [5.74, 6) is 0.765. The lowest BCUT2D eigenvalue weighted by atomic mass is 9.77. The van der Waals surface area contributed by atoms with Gasteiger partial charge in [-0.1, -0.05) is 62.6 Å². The number of unbranched alkanes of at least 4 members (excludes halogenated alkanes) is 1. The third-order valence-corrected chi connectivity index (χ3v) is 4.69. The van der Waals surface area contributed by atoms with Gasteiger partial charge in [-0.05, 0) is 13.3 Å². The summed E-state index contributed by atoms with van der Waals surface area (Å²) in [4.78, 5) is 8.16. The highest BCUT2D eigenvalue weighted by Gasteiger charge is 2.31. The summed E-state index contributed by atoms with van der Waals surface area (Å²) >= 11 is 6.00. The van der Waals surface area contributed by atoms with Crippen molar-refractivity contribution < 1.29 is 4.74 Å². The monoisotopic (exact) mass is 335 g/mol.